The van der Waals surface area contributed by atoms with E-state index in [4.69, 9.17) is 6.15 Å². The maximum atomic E-state index is 13.7. The van der Waals surface area contributed by atoms with E-state index in [2.05, 4.69) is 11.8 Å². The van der Waals surface area contributed by atoms with Crippen LogP contribution in [-0.4, -0.2) is 49.5 Å². The van der Waals surface area contributed by atoms with E-state index in [0.29, 0.717) is 0 Å². The Balaban J connectivity index is 1.40. The number of carbonyl (C=O) groups excluding carboxylic acids is 2. The van der Waals surface area contributed by atoms with Crippen LogP contribution in [0.25, 0.3) is 0 Å². The molecule has 0 N–H and O–H groups in total. The van der Waals surface area contributed by atoms with Gasteiger partial charge < -0.3 is 0 Å². The molecule has 0 heterocycles. The van der Waals surface area contributed by atoms with E-state index < -0.39 is 49.5 Å². The number of rotatable bonds is 8. The second-order valence-electron chi connectivity index (χ2n) is 10.6. The third-order valence-electron chi connectivity index (χ3n) is 7.84. The summed E-state index contributed by atoms with van der Waals surface area (Å²) in [5.41, 5.74) is 0. The molecule has 0 saturated carbocycles. The van der Waals surface area contributed by atoms with Gasteiger partial charge in [-0.3, -0.25) is 0 Å². The van der Waals surface area contributed by atoms with Gasteiger partial charge in [0.1, 0.15) is 0 Å². The van der Waals surface area contributed by atoms with Crippen molar-refractivity contribution in [2.24, 2.45) is 0 Å². The second kappa shape index (κ2) is 14.7. The molecule has 0 saturated heterocycles. The van der Waals surface area contributed by atoms with Crippen LogP contribution in [0.2, 0.25) is 0 Å². The van der Waals surface area contributed by atoms with Crippen LogP contribution in [0, 0.1) is 11.8 Å². The van der Waals surface area contributed by atoms with Gasteiger partial charge in [0.2, 0.25) is 0 Å². The topological polar surface area (TPSA) is 52.6 Å². The van der Waals surface area contributed by atoms with Gasteiger partial charge in [-0.1, -0.05) is 0 Å². The molecule has 6 aromatic rings. The maximum absolute atomic E-state index is 13.7. The molecule has 0 radical (unpaired) electrons. The molecule has 6 aromatic carbocycles. The third kappa shape index (κ3) is 6.53. The van der Waals surface area contributed by atoms with E-state index >= 15 is 0 Å². The van der Waals surface area contributed by atoms with E-state index in [1.807, 2.05) is 182 Å². The van der Waals surface area contributed by atoms with Crippen LogP contribution in [0.3, 0.4) is 0 Å². The molecule has 0 spiro atoms. The van der Waals surface area contributed by atoms with Crippen LogP contribution >= 0.6 is 0 Å². The Morgan fingerprint density at radius 1 is 0.326 bits per heavy atom. The van der Waals surface area contributed by atoms with Crippen LogP contribution in [-0.2, 0) is 15.7 Å². The van der Waals surface area contributed by atoms with Gasteiger partial charge in [0.05, 0.1) is 0 Å². The molecule has 6 rings (SSSR count). The van der Waals surface area contributed by atoms with E-state index in [9.17, 15) is 9.59 Å². The van der Waals surface area contributed by atoms with Crippen molar-refractivity contribution in [2.45, 2.75) is 0 Å². The summed E-state index contributed by atoms with van der Waals surface area (Å²) in [6.45, 7) is 0. The zero-order valence-electron chi connectivity index (χ0n) is 25.0. The van der Waals surface area contributed by atoms with Crippen LogP contribution < -0.4 is 21.5 Å². The normalized spacial score (nSPS) is 11.0. The standard InChI is InChI=1S/6C6H5.C4H2O4.2Sn/c6*1-2-4-6-5-3-1;5-3(6)1-2-4(7)8;;/h6*1-5H;(H,5,6)(H,7,8);;/q;;;;;;;2*+1/p-2. The van der Waals surface area contributed by atoms with Gasteiger partial charge >= 0.3 is 281 Å². The van der Waals surface area contributed by atoms with Gasteiger partial charge in [0.25, 0.3) is 0 Å². The van der Waals surface area contributed by atoms with E-state index in [1.54, 1.807) is 0 Å². The molecule has 4 nitrogen and oxygen atoms in total. The summed E-state index contributed by atoms with van der Waals surface area (Å²) >= 11 is -8.81. The average molecular weight is 812 g/mol. The molecular weight excluding hydrogens is 782 g/mol. The zero-order valence-corrected chi connectivity index (χ0v) is 30.7. The first-order chi connectivity index (χ1) is 22.6. The van der Waals surface area contributed by atoms with Gasteiger partial charge in [-0.15, -0.1) is 0 Å². The van der Waals surface area contributed by atoms with Gasteiger partial charge in [-0.05, 0) is 0 Å². The summed E-state index contributed by atoms with van der Waals surface area (Å²) in [5.74, 6) is 3.53. The van der Waals surface area contributed by atoms with Crippen LogP contribution in [0.5, 0.6) is 0 Å². The molecule has 0 aliphatic rings. The molecule has 0 aliphatic carbocycles. The van der Waals surface area contributed by atoms with E-state index in [0.717, 1.165) is 21.5 Å². The fourth-order valence-corrected chi connectivity index (χ4v) is 26.8. The fourth-order valence-electron chi connectivity index (χ4n) is 5.82. The molecular formula is C40H30O4Sn2. The minimum absolute atomic E-state index is 0.760. The summed E-state index contributed by atoms with van der Waals surface area (Å²) < 4.78 is 18.8. The summed E-state index contributed by atoms with van der Waals surface area (Å²) in [5, 5.41) is 0. The molecule has 222 valence electrons. The Morgan fingerprint density at radius 3 is 0.674 bits per heavy atom. The molecule has 0 aromatic heterocycles. The molecule has 0 fully saturated rings. The third-order valence-corrected chi connectivity index (χ3v) is 30.3. The van der Waals surface area contributed by atoms with Gasteiger partial charge in [0, 0.05) is 0 Å². The van der Waals surface area contributed by atoms with Crippen molar-refractivity contribution in [2.75, 3.05) is 0 Å². The van der Waals surface area contributed by atoms with Crippen LogP contribution in [0.4, 0.5) is 0 Å². The SMILES string of the molecule is O=C(C#CC(=O)[O][Sn]([c]1ccccc1)([c]1ccccc1)[c]1ccccc1)[O][Sn]([c]1ccccc1)([c]1ccccc1)[c]1ccccc1. The molecule has 0 bridgehead atoms. The van der Waals surface area contributed by atoms with Crippen molar-refractivity contribution >= 4 is 71.0 Å². The first-order valence-corrected chi connectivity index (χ1v) is 25.8. The molecule has 0 atom stereocenters. The fraction of sp³-hybridized carbons (Fsp3) is 0. The summed E-state index contributed by atoms with van der Waals surface area (Å²) in [6.07, 6.45) is 0. The van der Waals surface area contributed by atoms with Crippen molar-refractivity contribution in [3.05, 3.63) is 182 Å². The Kier molecular flexibility index (Phi) is 10.0. The Bertz CT molecular complexity index is 1620. The average Bonchev–Trinajstić information content (AvgIpc) is 3.14. The van der Waals surface area contributed by atoms with E-state index in [1.165, 1.54) is 0 Å². The van der Waals surface area contributed by atoms with Crippen LogP contribution in [0.1, 0.15) is 0 Å². The van der Waals surface area contributed by atoms with Crippen molar-refractivity contribution in [3.63, 3.8) is 0 Å². The molecule has 6 heteroatoms. The quantitative estimate of drug-likeness (QED) is 0.175. The van der Waals surface area contributed by atoms with E-state index in [-0.39, 0.29) is 0 Å². The van der Waals surface area contributed by atoms with Crippen molar-refractivity contribution in [3.8, 4) is 11.8 Å². The van der Waals surface area contributed by atoms with Gasteiger partial charge in [-0.2, -0.15) is 0 Å². The first-order valence-electron chi connectivity index (χ1n) is 14.9. The Morgan fingerprint density at radius 2 is 0.500 bits per heavy atom. The van der Waals surface area contributed by atoms with Gasteiger partial charge in [0.15, 0.2) is 0 Å². The van der Waals surface area contributed by atoms with Gasteiger partial charge in [-0.25, -0.2) is 0 Å². The molecule has 0 unspecified atom stereocenters. The number of hydrogen-bond acceptors (Lipinski definition) is 4. The summed E-state index contributed by atoms with van der Waals surface area (Å²) in [7, 11) is 0. The Hall–Kier alpha value is -4.58. The predicted molar refractivity (Wildman–Crippen MR) is 188 cm³/mol. The monoisotopic (exact) mass is 814 g/mol. The minimum atomic E-state index is -4.40. The predicted octanol–water partition coefficient (Wildman–Crippen LogP) is 3.41. The number of carbonyl (C=O) groups is 2. The number of hydrogen-bond donors (Lipinski definition) is 0. The van der Waals surface area contributed by atoms with Crippen molar-refractivity contribution in [1.29, 1.82) is 0 Å². The summed E-state index contributed by atoms with van der Waals surface area (Å²) in [6, 6.07) is 59.2. The molecule has 46 heavy (non-hydrogen) atoms. The Labute approximate surface area is 278 Å². The number of benzene rings is 6. The van der Waals surface area contributed by atoms with Crippen molar-refractivity contribution in [1.82, 2.24) is 0 Å². The first kappa shape index (κ1) is 31.4. The van der Waals surface area contributed by atoms with Crippen LogP contribution in [0.15, 0.2) is 182 Å². The zero-order chi connectivity index (χ0) is 31.7. The molecule has 0 amide bonds. The molecule has 0 aliphatic heterocycles. The van der Waals surface area contributed by atoms with Crippen molar-refractivity contribution < 1.29 is 15.7 Å². The second-order valence-corrected chi connectivity index (χ2v) is 29.4. The summed E-state index contributed by atoms with van der Waals surface area (Å²) in [4.78, 5) is 27.4.